The molecule has 0 aliphatic carbocycles. The zero-order valence-corrected chi connectivity index (χ0v) is 22.3. The molecule has 1 aromatic carbocycles. The van der Waals surface area contributed by atoms with E-state index in [0.29, 0.717) is 31.8 Å². The minimum atomic E-state index is -3.94. The molecular formula is C26H38FN3O4S. The van der Waals surface area contributed by atoms with Crippen LogP contribution in [0.5, 0.6) is 0 Å². The van der Waals surface area contributed by atoms with Crippen LogP contribution in [0.25, 0.3) is 0 Å². The lowest BCUT2D eigenvalue weighted by Crippen LogP contribution is -2.36. The van der Waals surface area contributed by atoms with E-state index in [0.717, 1.165) is 12.8 Å². The van der Waals surface area contributed by atoms with Gasteiger partial charge in [-0.15, -0.1) is 0 Å². The lowest BCUT2D eigenvalue weighted by atomic mass is 9.91. The Balaban J connectivity index is 1.96. The van der Waals surface area contributed by atoms with Crippen LogP contribution in [-0.2, 0) is 38.2 Å². The number of imidazole rings is 1. The molecule has 0 N–H and O–H groups in total. The molecule has 1 aliphatic heterocycles. The van der Waals surface area contributed by atoms with E-state index in [9.17, 15) is 17.6 Å². The number of hydrogen-bond acceptors (Lipinski definition) is 5. The Labute approximate surface area is 208 Å². The van der Waals surface area contributed by atoms with Gasteiger partial charge < -0.3 is 14.2 Å². The minimum Gasteiger partial charge on any atom is -0.376 e. The Morgan fingerprint density at radius 1 is 1.29 bits per heavy atom. The molecule has 194 valence electrons. The molecule has 1 fully saturated rings. The van der Waals surface area contributed by atoms with E-state index in [4.69, 9.17) is 4.74 Å². The third kappa shape index (κ3) is 7.61. The molecule has 1 amide bonds. The van der Waals surface area contributed by atoms with E-state index in [2.05, 4.69) is 4.98 Å². The van der Waals surface area contributed by atoms with Crippen LogP contribution in [0.2, 0.25) is 0 Å². The average Bonchev–Trinajstić information content (AvgIpc) is 3.38. The van der Waals surface area contributed by atoms with E-state index >= 15 is 0 Å². The molecule has 7 nitrogen and oxygen atoms in total. The highest BCUT2D eigenvalue weighted by Crippen LogP contribution is 2.25. The van der Waals surface area contributed by atoms with Gasteiger partial charge >= 0.3 is 0 Å². The first-order valence-electron chi connectivity index (χ1n) is 12.3. The van der Waals surface area contributed by atoms with Gasteiger partial charge in [0.25, 0.3) is 0 Å². The maximum Gasteiger partial charge on any atom is 0.228 e. The molecule has 0 saturated carbocycles. The summed E-state index contributed by atoms with van der Waals surface area (Å²) in [4.78, 5) is 19.2. The van der Waals surface area contributed by atoms with E-state index in [1.54, 1.807) is 15.5 Å². The van der Waals surface area contributed by atoms with Crippen molar-refractivity contribution in [1.82, 2.24) is 14.5 Å². The van der Waals surface area contributed by atoms with Crippen molar-refractivity contribution < 1.29 is 22.3 Å². The van der Waals surface area contributed by atoms with Crippen molar-refractivity contribution in [3.8, 4) is 0 Å². The van der Waals surface area contributed by atoms with Crippen molar-refractivity contribution in [2.45, 2.75) is 84.0 Å². The van der Waals surface area contributed by atoms with Gasteiger partial charge in [0.2, 0.25) is 20.9 Å². The van der Waals surface area contributed by atoms with Crippen LogP contribution in [-0.4, -0.2) is 48.0 Å². The quantitative estimate of drug-likeness (QED) is 0.470. The summed E-state index contributed by atoms with van der Waals surface area (Å²) in [5, 5.41) is -0.112. The average molecular weight is 508 g/mol. The van der Waals surface area contributed by atoms with E-state index in [-0.39, 0.29) is 40.6 Å². The molecule has 2 heterocycles. The molecule has 1 atom stereocenters. The Morgan fingerprint density at radius 2 is 2.00 bits per heavy atom. The highest BCUT2D eigenvalue weighted by atomic mass is 32.2. The van der Waals surface area contributed by atoms with Gasteiger partial charge in [0.15, 0.2) is 0 Å². The first-order valence-corrected chi connectivity index (χ1v) is 13.9. The zero-order chi connectivity index (χ0) is 25.8. The Kier molecular flexibility index (Phi) is 8.75. The molecule has 1 aromatic heterocycles. The van der Waals surface area contributed by atoms with Crippen molar-refractivity contribution in [1.29, 1.82) is 0 Å². The monoisotopic (exact) mass is 507 g/mol. The highest BCUT2D eigenvalue weighted by Gasteiger charge is 2.29. The van der Waals surface area contributed by atoms with Gasteiger partial charge in [-0.05, 0) is 30.2 Å². The third-order valence-corrected chi connectivity index (χ3v) is 7.44. The standard InChI is InChI=1S/C26H38FN3O4S/c1-19(2)15-29(24(31)13-26(3,4)5)16-21-14-28-25(30(21)17-22-10-8-12-34-22)35(32,33)18-20-9-6-7-11-23(20)27/h6-7,9,11,14,19,22H,8,10,12-13,15-18H2,1-5H3/t22-/m0/s1. The number of benzene rings is 1. The van der Waals surface area contributed by atoms with Gasteiger partial charge in [0.05, 0.1) is 36.8 Å². The second-order valence-electron chi connectivity index (χ2n) is 11.0. The molecule has 35 heavy (non-hydrogen) atoms. The van der Waals surface area contributed by atoms with Gasteiger partial charge in [-0.25, -0.2) is 17.8 Å². The number of hydrogen-bond donors (Lipinski definition) is 0. The molecule has 1 aliphatic rings. The number of carbonyl (C=O) groups is 1. The van der Waals surface area contributed by atoms with Gasteiger partial charge in [-0.2, -0.15) is 0 Å². The number of aromatic nitrogens is 2. The van der Waals surface area contributed by atoms with E-state index < -0.39 is 21.4 Å². The van der Waals surface area contributed by atoms with Gasteiger partial charge in [-0.1, -0.05) is 52.8 Å². The normalized spacial score (nSPS) is 16.7. The Hall–Kier alpha value is -2.26. The molecule has 0 radical (unpaired) electrons. The Morgan fingerprint density at radius 3 is 2.60 bits per heavy atom. The smallest absolute Gasteiger partial charge is 0.228 e. The number of carbonyl (C=O) groups excluding carboxylic acids is 1. The molecule has 0 bridgehead atoms. The number of ether oxygens (including phenoxy) is 1. The van der Waals surface area contributed by atoms with Gasteiger partial charge in [-0.3, -0.25) is 4.79 Å². The molecule has 1 saturated heterocycles. The van der Waals surface area contributed by atoms with Crippen molar-refractivity contribution >= 4 is 15.7 Å². The fourth-order valence-electron chi connectivity index (χ4n) is 4.29. The lowest BCUT2D eigenvalue weighted by Gasteiger charge is -2.29. The number of amides is 1. The second kappa shape index (κ2) is 11.2. The fourth-order valence-corrected chi connectivity index (χ4v) is 5.81. The number of rotatable bonds is 10. The number of nitrogens with zero attached hydrogens (tertiary/aromatic N) is 3. The molecule has 3 rings (SSSR count). The summed E-state index contributed by atoms with van der Waals surface area (Å²) in [5.41, 5.74) is 0.566. The zero-order valence-electron chi connectivity index (χ0n) is 21.5. The molecule has 0 spiro atoms. The Bertz CT molecular complexity index is 1120. The fraction of sp³-hybridized carbons (Fsp3) is 0.615. The molecule has 0 unspecified atom stereocenters. The maximum absolute atomic E-state index is 14.2. The summed E-state index contributed by atoms with van der Waals surface area (Å²) in [6.45, 7) is 11.9. The van der Waals surface area contributed by atoms with Crippen molar-refractivity contribution in [3.05, 3.63) is 47.5 Å². The van der Waals surface area contributed by atoms with Crippen LogP contribution in [0, 0.1) is 17.2 Å². The maximum atomic E-state index is 14.2. The topological polar surface area (TPSA) is 81.5 Å². The summed E-state index contributed by atoms with van der Waals surface area (Å²) in [5.74, 6) is -0.783. The van der Waals surface area contributed by atoms with E-state index in [1.165, 1.54) is 24.4 Å². The van der Waals surface area contributed by atoms with Crippen LogP contribution >= 0.6 is 0 Å². The first kappa shape index (κ1) is 27.3. The van der Waals surface area contributed by atoms with Crippen LogP contribution < -0.4 is 0 Å². The van der Waals surface area contributed by atoms with Crippen LogP contribution in [0.4, 0.5) is 4.39 Å². The second-order valence-corrected chi connectivity index (χ2v) is 12.9. The SMILES string of the molecule is CC(C)CN(Cc1cnc(S(=O)(=O)Cc2ccccc2F)n1C[C@@H]1CCCO1)C(=O)CC(C)(C)C. The minimum absolute atomic E-state index is 0.0202. The third-order valence-electron chi connectivity index (χ3n) is 5.87. The summed E-state index contributed by atoms with van der Waals surface area (Å²) in [7, 11) is -3.94. The molecule has 9 heteroatoms. The van der Waals surface area contributed by atoms with Crippen molar-refractivity contribution in [2.75, 3.05) is 13.2 Å². The van der Waals surface area contributed by atoms with Crippen LogP contribution in [0.1, 0.15) is 65.1 Å². The summed E-state index contributed by atoms with van der Waals surface area (Å²) < 4.78 is 48.4. The number of sulfone groups is 1. The lowest BCUT2D eigenvalue weighted by molar-refractivity contribution is -0.134. The molecule has 2 aromatic rings. The molecular weight excluding hydrogens is 469 g/mol. The van der Waals surface area contributed by atoms with E-state index in [1.807, 2.05) is 34.6 Å². The number of halogens is 1. The summed E-state index contributed by atoms with van der Waals surface area (Å²) >= 11 is 0. The largest absolute Gasteiger partial charge is 0.376 e. The van der Waals surface area contributed by atoms with Crippen LogP contribution in [0.3, 0.4) is 0 Å². The predicted octanol–water partition coefficient (Wildman–Crippen LogP) is 4.60. The first-order chi connectivity index (χ1) is 16.4. The summed E-state index contributed by atoms with van der Waals surface area (Å²) in [6.07, 6.45) is 3.52. The van der Waals surface area contributed by atoms with Crippen molar-refractivity contribution in [2.24, 2.45) is 11.3 Å². The van der Waals surface area contributed by atoms with Gasteiger partial charge in [0.1, 0.15) is 5.82 Å². The highest BCUT2D eigenvalue weighted by molar-refractivity contribution is 7.90. The van der Waals surface area contributed by atoms with Gasteiger partial charge in [0, 0.05) is 25.1 Å². The van der Waals surface area contributed by atoms with Crippen LogP contribution in [0.15, 0.2) is 35.6 Å². The predicted molar refractivity (Wildman–Crippen MR) is 133 cm³/mol. The van der Waals surface area contributed by atoms with Crippen molar-refractivity contribution in [3.63, 3.8) is 0 Å². The summed E-state index contributed by atoms with van der Waals surface area (Å²) in [6, 6.07) is 5.86.